The summed E-state index contributed by atoms with van der Waals surface area (Å²) in [6.45, 7) is 2.30. The Labute approximate surface area is 149 Å². The highest BCUT2D eigenvalue weighted by Crippen LogP contribution is 2.27. The summed E-state index contributed by atoms with van der Waals surface area (Å²) in [5, 5.41) is 8.38. The molecule has 0 fully saturated rings. The smallest absolute Gasteiger partial charge is 0.222 e. The lowest BCUT2D eigenvalue weighted by molar-refractivity contribution is 0.547. The van der Waals surface area contributed by atoms with Gasteiger partial charge in [-0.3, -0.25) is 0 Å². The lowest BCUT2D eigenvalue weighted by atomic mass is 10.2. The fraction of sp³-hybridized carbons (Fsp3) is 0.125. The van der Waals surface area contributed by atoms with Crippen LogP contribution in [0.5, 0.6) is 0 Å². The fourth-order valence-corrected chi connectivity index (χ4v) is 2.55. The molecule has 128 valence electrons. The van der Waals surface area contributed by atoms with E-state index in [-0.39, 0.29) is 18.4 Å². The molecule has 0 aliphatic heterocycles. The van der Waals surface area contributed by atoms with Crippen molar-refractivity contribution in [2.45, 2.75) is 13.5 Å². The largest absolute Gasteiger partial charge is 0.460 e. The number of benzene rings is 1. The summed E-state index contributed by atoms with van der Waals surface area (Å²) in [6, 6.07) is 11.3. The van der Waals surface area contributed by atoms with Gasteiger partial charge in [0.2, 0.25) is 5.95 Å². The monoisotopic (exact) mass is 357 g/mol. The van der Waals surface area contributed by atoms with Crippen molar-refractivity contribution in [3.05, 3.63) is 47.7 Å². The first-order valence-electron chi connectivity index (χ1n) is 7.39. The third-order valence-corrected chi connectivity index (χ3v) is 3.73. The number of anilines is 2. The minimum absolute atomic E-state index is 0. The molecule has 4 N–H and O–H groups in total. The summed E-state index contributed by atoms with van der Waals surface area (Å²) in [5.74, 6) is 1.49. The van der Waals surface area contributed by atoms with Crippen molar-refractivity contribution in [3.8, 4) is 11.5 Å². The number of fused-ring (bicyclic) bond motifs is 1. The second-order valence-electron chi connectivity index (χ2n) is 5.46. The van der Waals surface area contributed by atoms with E-state index in [2.05, 4.69) is 20.3 Å². The number of rotatable bonds is 3. The number of halogens is 1. The van der Waals surface area contributed by atoms with Crippen LogP contribution in [0.25, 0.3) is 22.6 Å². The summed E-state index contributed by atoms with van der Waals surface area (Å²) >= 11 is 0. The van der Waals surface area contributed by atoms with Gasteiger partial charge in [-0.15, -0.1) is 17.5 Å². The van der Waals surface area contributed by atoms with Crippen LogP contribution in [0.3, 0.4) is 0 Å². The average Bonchev–Trinajstić information content (AvgIpc) is 3.16. The number of para-hydroxylation sites is 1. The fourth-order valence-electron chi connectivity index (χ4n) is 2.55. The van der Waals surface area contributed by atoms with E-state index >= 15 is 0 Å². The number of nitrogens with two attached hydrogens (primary N) is 2. The molecule has 4 aromatic rings. The standard InChI is InChI=1S/C16H15N7O.ClH/c1-9-6-7-12(24-9)13-14-15(20-16(18)19-13)23(22-21-14)8-10-4-2-3-5-11(10)17;/h2-7H,8,17H2,1H3,(H2,18,19,20);1H. The van der Waals surface area contributed by atoms with Gasteiger partial charge in [-0.1, -0.05) is 23.4 Å². The predicted octanol–water partition coefficient (Wildman–Crippen LogP) is 2.42. The Balaban J connectivity index is 0.00000182. The van der Waals surface area contributed by atoms with E-state index in [1.807, 2.05) is 43.3 Å². The van der Waals surface area contributed by atoms with Gasteiger partial charge in [0.05, 0.1) is 6.54 Å². The Morgan fingerprint density at radius 2 is 1.88 bits per heavy atom. The van der Waals surface area contributed by atoms with Gasteiger partial charge in [-0.2, -0.15) is 4.98 Å². The lowest BCUT2D eigenvalue weighted by Gasteiger charge is -2.06. The van der Waals surface area contributed by atoms with Gasteiger partial charge in [-0.05, 0) is 30.7 Å². The molecule has 4 rings (SSSR count). The van der Waals surface area contributed by atoms with E-state index in [4.69, 9.17) is 15.9 Å². The quantitative estimate of drug-likeness (QED) is 0.540. The van der Waals surface area contributed by atoms with Crippen molar-refractivity contribution in [2.24, 2.45) is 0 Å². The van der Waals surface area contributed by atoms with Crippen LogP contribution in [0, 0.1) is 6.92 Å². The van der Waals surface area contributed by atoms with Crippen molar-refractivity contribution in [1.29, 1.82) is 0 Å². The number of aryl methyl sites for hydroxylation is 1. The Bertz CT molecular complexity index is 1040. The first kappa shape index (κ1) is 16.7. The van der Waals surface area contributed by atoms with E-state index in [0.29, 0.717) is 34.9 Å². The van der Waals surface area contributed by atoms with Gasteiger partial charge in [0.25, 0.3) is 0 Å². The maximum atomic E-state index is 6.00. The Hall–Kier alpha value is -3.13. The molecule has 0 saturated heterocycles. The zero-order chi connectivity index (χ0) is 16.7. The number of nitrogen functional groups attached to an aromatic ring is 2. The van der Waals surface area contributed by atoms with Gasteiger partial charge in [0.15, 0.2) is 16.9 Å². The van der Waals surface area contributed by atoms with Crippen molar-refractivity contribution in [3.63, 3.8) is 0 Å². The number of furan rings is 1. The highest BCUT2D eigenvalue weighted by Gasteiger charge is 2.18. The number of hydrogen-bond donors (Lipinski definition) is 2. The van der Waals surface area contributed by atoms with E-state index in [1.165, 1.54) is 0 Å². The second-order valence-corrected chi connectivity index (χ2v) is 5.46. The molecule has 0 radical (unpaired) electrons. The molecule has 0 saturated carbocycles. The molecule has 9 heteroatoms. The van der Waals surface area contributed by atoms with Crippen molar-refractivity contribution >= 4 is 35.2 Å². The van der Waals surface area contributed by atoms with Crippen molar-refractivity contribution < 1.29 is 4.42 Å². The topological polar surface area (TPSA) is 122 Å². The van der Waals surface area contributed by atoms with Gasteiger partial charge >= 0.3 is 0 Å². The molecule has 25 heavy (non-hydrogen) atoms. The third-order valence-electron chi connectivity index (χ3n) is 3.73. The zero-order valence-corrected chi connectivity index (χ0v) is 14.2. The zero-order valence-electron chi connectivity index (χ0n) is 13.4. The Kier molecular flexibility index (Phi) is 4.28. The molecule has 1 aromatic carbocycles. The number of hydrogen-bond acceptors (Lipinski definition) is 7. The van der Waals surface area contributed by atoms with Gasteiger partial charge < -0.3 is 15.9 Å². The van der Waals surface area contributed by atoms with Gasteiger partial charge in [0, 0.05) is 5.69 Å². The SMILES string of the molecule is Cc1ccc(-c2nc(N)nc3c2nnn3Cc2ccccc2N)o1.Cl. The average molecular weight is 358 g/mol. The van der Waals surface area contributed by atoms with Crippen LogP contribution < -0.4 is 11.5 Å². The molecule has 0 aliphatic carbocycles. The molecule has 3 heterocycles. The maximum absolute atomic E-state index is 6.00. The molecule has 3 aromatic heterocycles. The van der Waals surface area contributed by atoms with E-state index in [9.17, 15) is 0 Å². The predicted molar refractivity (Wildman–Crippen MR) is 97.2 cm³/mol. The normalized spacial score (nSPS) is 10.8. The summed E-state index contributed by atoms with van der Waals surface area (Å²) in [6.07, 6.45) is 0. The van der Waals surface area contributed by atoms with Crippen LogP contribution in [0.2, 0.25) is 0 Å². The Morgan fingerprint density at radius 3 is 2.60 bits per heavy atom. The van der Waals surface area contributed by atoms with Crippen LogP contribution in [0.4, 0.5) is 11.6 Å². The van der Waals surface area contributed by atoms with Crippen molar-refractivity contribution in [2.75, 3.05) is 11.5 Å². The highest BCUT2D eigenvalue weighted by molar-refractivity contribution is 5.86. The van der Waals surface area contributed by atoms with Crippen LogP contribution in [-0.4, -0.2) is 25.0 Å². The molecule has 0 unspecified atom stereocenters. The molecular weight excluding hydrogens is 342 g/mol. The van der Waals surface area contributed by atoms with Crippen LogP contribution in [0.1, 0.15) is 11.3 Å². The minimum atomic E-state index is 0. The third kappa shape index (κ3) is 2.99. The van der Waals surface area contributed by atoms with E-state index in [1.54, 1.807) is 4.68 Å². The first-order valence-corrected chi connectivity index (χ1v) is 7.39. The van der Waals surface area contributed by atoms with E-state index in [0.717, 1.165) is 11.3 Å². The number of nitrogens with zero attached hydrogens (tertiary/aromatic N) is 5. The molecule has 0 bridgehead atoms. The summed E-state index contributed by atoms with van der Waals surface area (Å²) in [4.78, 5) is 8.53. The minimum Gasteiger partial charge on any atom is -0.460 e. The second kappa shape index (κ2) is 6.40. The molecular formula is C16H16ClN7O. The van der Waals surface area contributed by atoms with Crippen molar-refractivity contribution in [1.82, 2.24) is 25.0 Å². The maximum Gasteiger partial charge on any atom is 0.222 e. The highest BCUT2D eigenvalue weighted by atomic mass is 35.5. The molecule has 8 nitrogen and oxygen atoms in total. The summed E-state index contributed by atoms with van der Waals surface area (Å²) in [5.41, 5.74) is 15.1. The van der Waals surface area contributed by atoms with Crippen LogP contribution >= 0.6 is 12.4 Å². The number of aromatic nitrogens is 5. The molecule has 0 spiro atoms. The van der Waals surface area contributed by atoms with Gasteiger partial charge in [-0.25, -0.2) is 9.67 Å². The molecule has 0 aliphatic rings. The molecule has 0 atom stereocenters. The summed E-state index contributed by atoms with van der Waals surface area (Å²) < 4.78 is 7.29. The summed E-state index contributed by atoms with van der Waals surface area (Å²) in [7, 11) is 0. The lowest BCUT2D eigenvalue weighted by Crippen LogP contribution is -2.06. The Morgan fingerprint density at radius 1 is 1.08 bits per heavy atom. The van der Waals surface area contributed by atoms with Crippen LogP contribution in [-0.2, 0) is 6.54 Å². The van der Waals surface area contributed by atoms with E-state index < -0.39 is 0 Å². The van der Waals surface area contributed by atoms with Gasteiger partial charge in [0.1, 0.15) is 11.5 Å². The molecule has 0 amide bonds. The first-order chi connectivity index (χ1) is 11.6. The van der Waals surface area contributed by atoms with Crippen LogP contribution in [0.15, 0.2) is 40.8 Å².